The Labute approximate surface area is 173 Å². The van der Waals surface area contributed by atoms with Crippen LogP contribution in [0, 0.1) is 19.8 Å². The summed E-state index contributed by atoms with van der Waals surface area (Å²) in [6, 6.07) is 12.0. The van der Waals surface area contributed by atoms with E-state index in [4.69, 9.17) is 4.74 Å². The van der Waals surface area contributed by atoms with Crippen LogP contribution in [0.3, 0.4) is 0 Å². The van der Waals surface area contributed by atoms with Crippen molar-refractivity contribution in [3.05, 3.63) is 53.6 Å². The Kier molecular flexibility index (Phi) is 7.81. The second kappa shape index (κ2) is 9.89. The van der Waals surface area contributed by atoms with Gasteiger partial charge < -0.3 is 10.1 Å². The number of sulfonamides is 1. The average Bonchev–Trinajstić information content (AvgIpc) is 2.62. The summed E-state index contributed by atoms with van der Waals surface area (Å²) in [5.74, 6) is 0.184. The minimum Gasteiger partial charge on any atom is -0.369 e. The summed E-state index contributed by atoms with van der Waals surface area (Å²) >= 11 is 0. The minimum absolute atomic E-state index is 0.116. The maximum atomic E-state index is 12.9. The predicted molar refractivity (Wildman–Crippen MR) is 117 cm³/mol. The average molecular weight is 419 g/mol. The summed E-state index contributed by atoms with van der Waals surface area (Å²) in [6.07, 6.45) is 0.246. The normalized spacial score (nSPS) is 12.6. The number of rotatable bonds is 9. The molecule has 158 valence electrons. The van der Waals surface area contributed by atoms with Gasteiger partial charge in [0, 0.05) is 18.0 Å². The van der Waals surface area contributed by atoms with Crippen molar-refractivity contribution in [2.45, 2.75) is 52.0 Å². The molecule has 6 nitrogen and oxygen atoms in total. The number of hydrogen-bond acceptors (Lipinski definition) is 4. The van der Waals surface area contributed by atoms with E-state index < -0.39 is 16.1 Å². The van der Waals surface area contributed by atoms with Gasteiger partial charge in [0.25, 0.3) is 15.9 Å². The first kappa shape index (κ1) is 22.9. The van der Waals surface area contributed by atoms with Crippen LogP contribution in [0.25, 0.3) is 0 Å². The monoisotopic (exact) mass is 418 g/mol. The van der Waals surface area contributed by atoms with Gasteiger partial charge in [-0.3, -0.25) is 9.52 Å². The van der Waals surface area contributed by atoms with Crippen LogP contribution in [0.1, 0.15) is 38.3 Å². The second-order valence-corrected chi connectivity index (χ2v) is 9.29. The van der Waals surface area contributed by atoms with Crippen molar-refractivity contribution in [3.63, 3.8) is 0 Å². The van der Waals surface area contributed by atoms with Gasteiger partial charge in [-0.15, -0.1) is 0 Å². The van der Waals surface area contributed by atoms with Crippen molar-refractivity contribution in [3.8, 4) is 0 Å². The molecule has 29 heavy (non-hydrogen) atoms. The number of aryl methyl sites for hydroxylation is 2. The third kappa shape index (κ3) is 6.87. The molecule has 0 heterocycles. The molecule has 0 radical (unpaired) electrons. The number of hydrogen-bond donors (Lipinski definition) is 2. The molecule has 0 aliphatic rings. The summed E-state index contributed by atoms with van der Waals surface area (Å²) in [5, 5.41) is 2.74. The lowest BCUT2D eigenvalue weighted by Crippen LogP contribution is -2.28. The Bertz CT molecular complexity index is 955. The first-order valence-corrected chi connectivity index (χ1v) is 11.2. The minimum atomic E-state index is -3.80. The highest BCUT2D eigenvalue weighted by atomic mass is 32.2. The molecular formula is C22H30N2O4S. The smallest absolute Gasteiger partial charge is 0.262 e. The largest absolute Gasteiger partial charge is 0.369 e. The number of amides is 1. The lowest BCUT2D eigenvalue weighted by atomic mass is 10.1. The zero-order valence-corrected chi connectivity index (χ0v) is 18.5. The Morgan fingerprint density at radius 3 is 2.41 bits per heavy atom. The van der Waals surface area contributed by atoms with Crippen LogP contribution in [0.15, 0.2) is 47.4 Å². The van der Waals surface area contributed by atoms with Crippen LogP contribution >= 0.6 is 0 Å². The Balaban J connectivity index is 2.13. The Morgan fingerprint density at radius 1 is 1.03 bits per heavy atom. The molecule has 0 saturated heterocycles. The maximum Gasteiger partial charge on any atom is 0.262 e. The zero-order valence-electron chi connectivity index (χ0n) is 17.7. The topological polar surface area (TPSA) is 84.5 Å². The molecule has 0 fully saturated rings. The van der Waals surface area contributed by atoms with Crippen molar-refractivity contribution in [2.24, 2.45) is 5.92 Å². The highest BCUT2D eigenvalue weighted by molar-refractivity contribution is 7.92. The molecule has 2 aromatic carbocycles. The molecule has 0 aliphatic heterocycles. The summed E-state index contributed by atoms with van der Waals surface area (Å²) in [4.78, 5) is 12.5. The van der Waals surface area contributed by atoms with Crippen molar-refractivity contribution < 1.29 is 17.9 Å². The Hall–Kier alpha value is -2.38. The summed E-state index contributed by atoms with van der Waals surface area (Å²) < 4.78 is 33.9. The molecule has 2 N–H and O–H groups in total. The molecule has 0 bridgehead atoms. The molecule has 1 amide bonds. The number of anilines is 2. The van der Waals surface area contributed by atoms with Crippen LogP contribution < -0.4 is 10.0 Å². The lowest BCUT2D eigenvalue weighted by Gasteiger charge is -2.16. The number of carbonyl (C=O) groups is 1. The van der Waals surface area contributed by atoms with Gasteiger partial charge in [0.15, 0.2) is 0 Å². The third-order valence-corrected chi connectivity index (χ3v) is 5.97. The highest BCUT2D eigenvalue weighted by Gasteiger charge is 2.19. The summed E-state index contributed by atoms with van der Waals surface area (Å²) in [7, 11) is -3.80. The van der Waals surface area contributed by atoms with Crippen molar-refractivity contribution >= 4 is 27.3 Å². The van der Waals surface area contributed by atoms with Gasteiger partial charge in [-0.25, -0.2) is 8.42 Å². The quantitative estimate of drug-likeness (QED) is 0.628. The fourth-order valence-corrected chi connectivity index (χ4v) is 4.01. The molecule has 2 rings (SSSR count). The second-order valence-electron chi connectivity index (χ2n) is 7.64. The van der Waals surface area contributed by atoms with Gasteiger partial charge in [0.05, 0.1) is 4.90 Å². The molecular weight excluding hydrogens is 388 g/mol. The molecule has 0 aromatic heterocycles. The van der Waals surface area contributed by atoms with Crippen LogP contribution in [0.2, 0.25) is 0 Å². The highest BCUT2D eigenvalue weighted by Crippen LogP contribution is 2.23. The van der Waals surface area contributed by atoms with Crippen LogP contribution in [0.4, 0.5) is 11.4 Å². The van der Waals surface area contributed by atoms with Crippen molar-refractivity contribution in [2.75, 3.05) is 16.6 Å². The van der Waals surface area contributed by atoms with E-state index in [0.717, 1.165) is 12.0 Å². The molecule has 0 saturated carbocycles. The molecule has 1 unspecified atom stereocenters. The van der Waals surface area contributed by atoms with Gasteiger partial charge in [-0.05, 0) is 68.5 Å². The molecule has 1 atom stereocenters. The first-order chi connectivity index (χ1) is 13.6. The van der Waals surface area contributed by atoms with Gasteiger partial charge in [-0.2, -0.15) is 0 Å². The van der Waals surface area contributed by atoms with Crippen molar-refractivity contribution in [1.82, 2.24) is 0 Å². The van der Waals surface area contributed by atoms with E-state index in [1.807, 2.05) is 13.0 Å². The molecule has 2 aromatic rings. The van der Waals surface area contributed by atoms with E-state index in [1.54, 1.807) is 44.2 Å². The molecule has 0 aliphatic carbocycles. The maximum absolute atomic E-state index is 12.9. The third-order valence-electron chi connectivity index (χ3n) is 4.45. The SMILES string of the molecule is Cc1cccc(NS(=O)(=O)c2cc(NC(=O)C(C)OCCC(C)C)ccc2C)c1. The van der Waals surface area contributed by atoms with E-state index in [1.165, 1.54) is 6.07 Å². The number of carbonyl (C=O) groups excluding carboxylic acids is 1. The number of ether oxygens (including phenoxy) is 1. The van der Waals surface area contributed by atoms with Crippen molar-refractivity contribution in [1.29, 1.82) is 0 Å². The van der Waals surface area contributed by atoms with Crippen LogP contribution in [-0.2, 0) is 19.6 Å². The number of benzene rings is 2. The van der Waals surface area contributed by atoms with E-state index in [-0.39, 0.29) is 10.8 Å². The van der Waals surface area contributed by atoms with Gasteiger partial charge in [-0.1, -0.05) is 32.0 Å². The fourth-order valence-electron chi connectivity index (χ4n) is 2.69. The Morgan fingerprint density at radius 2 is 1.76 bits per heavy atom. The van der Waals surface area contributed by atoms with Gasteiger partial charge in [0.1, 0.15) is 6.10 Å². The van der Waals surface area contributed by atoms with E-state index in [2.05, 4.69) is 23.9 Å². The lowest BCUT2D eigenvalue weighted by molar-refractivity contribution is -0.126. The molecule has 0 spiro atoms. The predicted octanol–water partition coefficient (Wildman–Crippen LogP) is 4.49. The molecule has 7 heteroatoms. The standard InChI is InChI=1S/C22H30N2O4S/c1-15(2)11-12-28-18(5)22(25)23-19-10-9-17(4)21(14-19)29(26,27)24-20-8-6-7-16(3)13-20/h6-10,13-15,18,24H,11-12H2,1-5H3,(H,23,25). The van der Waals surface area contributed by atoms with E-state index in [9.17, 15) is 13.2 Å². The fraction of sp³-hybridized carbons (Fsp3) is 0.409. The zero-order chi connectivity index (χ0) is 21.6. The number of nitrogens with one attached hydrogen (secondary N) is 2. The summed E-state index contributed by atoms with van der Waals surface area (Å²) in [5.41, 5.74) is 2.44. The summed E-state index contributed by atoms with van der Waals surface area (Å²) in [6.45, 7) is 9.97. The van der Waals surface area contributed by atoms with Crippen LogP contribution in [-0.4, -0.2) is 27.0 Å². The van der Waals surface area contributed by atoms with Gasteiger partial charge in [0.2, 0.25) is 0 Å². The van der Waals surface area contributed by atoms with E-state index >= 15 is 0 Å². The van der Waals surface area contributed by atoms with E-state index in [0.29, 0.717) is 29.5 Å². The first-order valence-electron chi connectivity index (χ1n) is 9.71. The van der Waals surface area contributed by atoms with Crippen LogP contribution in [0.5, 0.6) is 0 Å². The van der Waals surface area contributed by atoms with Gasteiger partial charge >= 0.3 is 0 Å².